The number of benzene rings is 1. The predicted molar refractivity (Wildman–Crippen MR) is 111 cm³/mol. The molecule has 0 aromatic heterocycles. The molecule has 1 aliphatic rings. The van der Waals surface area contributed by atoms with Gasteiger partial charge in [-0.15, -0.1) is 0 Å². The van der Waals surface area contributed by atoms with Gasteiger partial charge in [0.1, 0.15) is 5.75 Å². The topological polar surface area (TPSA) is 59.6 Å². The van der Waals surface area contributed by atoms with Crippen LogP contribution in [0.1, 0.15) is 71.1 Å². The molecule has 0 radical (unpaired) electrons. The maximum absolute atomic E-state index is 11.9. The molecule has 1 heterocycles. The summed E-state index contributed by atoms with van der Waals surface area (Å²) in [5.41, 5.74) is 0.763. The van der Waals surface area contributed by atoms with E-state index < -0.39 is 0 Å². The Morgan fingerprint density at radius 1 is 1.07 bits per heavy atom. The van der Waals surface area contributed by atoms with Gasteiger partial charge in [0.2, 0.25) is 0 Å². The largest absolute Gasteiger partial charge is 0.494 e. The van der Waals surface area contributed by atoms with Gasteiger partial charge in [0.25, 0.3) is 0 Å². The highest BCUT2D eigenvalue weighted by Crippen LogP contribution is 2.17. The Hall–Kier alpha value is -1.75. The smallest absolute Gasteiger partial charge is 0.319 e. The molecule has 1 aromatic carbocycles. The Labute approximate surface area is 164 Å². The Morgan fingerprint density at radius 2 is 1.78 bits per heavy atom. The summed E-state index contributed by atoms with van der Waals surface area (Å²) >= 11 is 0. The standard InChI is InChI=1S/C22H36N2O3/c1-2-3-4-5-6-7-8-9-16-26-20-14-12-19(13-15-20)24-22(25)23-18-21-11-10-17-27-21/h12-15,21H,2-11,16-18H2,1H3,(H2,23,24,25)/t21-/m1/s1. The van der Waals surface area contributed by atoms with E-state index >= 15 is 0 Å². The minimum atomic E-state index is -0.196. The van der Waals surface area contributed by atoms with E-state index in [0.29, 0.717) is 6.54 Å². The van der Waals surface area contributed by atoms with Crippen molar-refractivity contribution in [1.82, 2.24) is 5.32 Å². The van der Waals surface area contributed by atoms with E-state index in [4.69, 9.17) is 9.47 Å². The summed E-state index contributed by atoms with van der Waals surface area (Å²) in [6, 6.07) is 7.35. The van der Waals surface area contributed by atoms with Crippen LogP contribution in [-0.4, -0.2) is 31.9 Å². The normalized spacial score (nSPS) is 16.3. The second-order valence-electron chi connectivity index (χ2n) is 7.32. The second-order valence-corrected chi connectivity index (χ2v) is 7.32. The molecular formula is C22H36N2O3. The fourth-order valence-electron chi connectivity index (χ4n) is 3.25. The second kappa shape index (κ2) is 13.4. The Morgan fingerprint density at radius 3 is 2.44 bits per heavy atom. The van der Waals surface area contributed by atoms with Gasteiger partial charge in [0.05, 0.1) is 12.7 Å². The van der Waals surface area contributed by atoms with E-state index in [1.807, 2.05) is 24.3 Å². The summed E-state index contributed by atoms with van der Waals surface area (Å²) in [5.74, 6) is 0.850. The van der Waals surface area contributed by atoms with E-state index in [9.17, 15) is 4.79 Å². The molecule has 0 unspecified atom stereocenters. The minimum absolute atomic E-state index is 0.155. The molecule has 2 N–H and O–H groups in total. The molecule has 152 valence electrons. The third kappa shape index (κ3) is 9.66. The van der Waals surface area contributed by atoms with Crippen LogP contribution in [-0.2, 0) is 4.74 Å². The van der Waals surface area contributed by atoms with E-state index in [2.05, 4.69) is 17.6 Å². The van der Waals surface area contributed by atoms with Crippen LogP contribution in [0, 0.1) is 0 Å². The summed E-state index contributed by atoms with van der Waals surface area (Å²) in [4.78, 5) is 11.9. The monoisotopic (exact) mass is 376 g/mol. The number of ether oxygens (including phenoxy) is 2. The molecule has 1 saturated heterocycles. The summed E-state index contributed by atoms with van der Waals surface area (Å²) in [7, 11) is 0. The molecule has 1 aromatic rings. The zero-order chi connectivity index (χ0) is 19.2. The molecule has 2 rings (SSSR count). The summed E-state index contributed by atoms with van der Waals surface area (Å²) in [6.07, 6.45) is 12.6. The Balaban J connectivity index is 1.52. The molecule has 0 saturated carbocycles. The van der Waals surface area contributed by atoms with Crippen molar-refractivity contribution in [1.29, 1.82) is 0 Å². The maximum atomic E-state index is 11.9. The maximum Gasteiger partial charge on any atom is 0.319 e. The number of hydrogen-bond acceptors (Lipinski definition) is 3. The van der Waals surface area contributed by atoms with Crippen LogP contribution in [0.3, 0.4) is 0 Å². The zero-order valence-electron chi connectivity index (χ0n) is 16.8. The lowest BCUT2D eigenvalue weighted by atomic mass is 10.1. The molecule has 27 heavy (non-hydrogen) atoms. The van der Waals surface area contributed by atoms with Gasteiger partial charge in [-0.3, -0.25) is 0 Å². The SMILES string of the molecule is CCCCCCCCCCOc1ccc(NC(=O)NC[C@H]2CCCO2)cc1. The summed E-state index contributed by atoms with van der Waals surface area (Å²) < 4.78 is 11.3. The molecule has 0 spiro atoms. The third-order valence-electron chi connectivity index (χ3n) is 4.89. The number of hydrogen-bond donors (Lipinski definition) is 2. The van der Waals surface area contributed by atoms with Crippen molar-refractivity contribution in [2.45, 2.75) is 77.2 Å². The van der Waals surface area contributed by atoms with Crippen molar-refractivity contribution in [3.8, 4) is 5.75 Å². The third-order valence-corrected chi connectivity index (χ3v) is 4.89. The van der Waals surface area contributed by atoms with Crippen molar-refractivity contribution in [2.75, 3.05) is 25.1 Å². The number of carbonyl (C=O) groups excluding carboxylic acids is 1. The van der Waals surface area contributed by atoms with Gasteiger partial charge in [-0.05, 0) is 43.5 Å². The van der Waals surface area contributed by atoms with Crippen LogP contribution in [0.2, 0.25) is 0 Å². The van der Waals surface area contributed by atoms with E-state index in [1.165, 1.54) is 44.9 Å². The van der Waals surface area contributed by atoms with Gasteiger partial charge >= 0.3 is 6.03 Å². The van der Waals surface area contributed by atoms with Crippen molar-refractivity contribution in [3.63, 3.8) is 0 Å². The van der Waals surface area contributed by atoms with Crippen LogP contribution in [0.4, 0.5) is 10.5 Å². The first-order valence-electron chi connectivity index (χ1n) is 10.7. The molecule has 1 atom stereocenters. The van der Waals surface area contributed by atoms with Crippen LogP contribution in [0.25, 0.3) is 0 Å². The minimum Gasteiger partial charge on any atom is -0.494 e. The van der Waals surface area contributed by atoms with Gasteiger partial charge in [-0.2, -0.15) is 0 Å². The zero-order valence-corrected chi connectivity index (χ0v) is 16.8. The Bertz CT molecular complexity index is 513. The molecule has 5 heteroatoms. The average Bonchev–Trinajstić information content (AvgIpc) is 3.20. The lowest BCUT2D eigenvalue weighted by Gasteiger charge is -2.12. The number of nitrogens with one attached hydrogen (secondary N) is 2. The number of carbonyl (C=O) groups is 1. The fraction of sp³-hybridized carbons (Fsp3) is 0.682. The lowest BCUT2D eigenvalue weighted by Crippen LogP contribution is -2.34. The van der Waals surface area contributed by atoms with Crippen molar-refractivity contribution in [2.24, 2.45) is 0 Å². The molecule has 0 bridgehead atoms. The number of anilines is 1. The van der Waals surface area contributed by atoms with Crippen LogP contribution in [0.15, 0.2) is 24.3 Å². The molecular weight excluding hydrogens is 340 g/mol. The lowest BCUT2D eigenvalue weighted by molar-refractivity contribution is 0.112. The molecule has 0 aliphatic carbocycles. The van der Waals surface area contributed by atoms with Crippen LogP contribution in [0.5, 0.6) is 5.75 Å². The first-order chi connectivity index (χ1) is 13.3. The number of urea groups is 1. The highest BCUT2D eigenvalue weighted by molar-refractivity contribution is 5.89. The van der Waals surface area contributed by atoms with Gasteiger partial charge in [0, 0.05) is 18.8 Å². The number of amides is 2. The molecule has 1 fully saturated rings. The predicted octanol–water partition coefficient (Wildman–Crippen LogP) is 5.51. The Kier molecular flexibility index (Phi) is 10.7. The number of unbranched alkanes of at least 4 members (excludes halogenated alkanes) is 7. The van der Waals surface area contributed by atoms with E-state index in [0.717, 1.165) is 43.9 Å². The number of rotatable bonds is 13. The highest BCUT2D eigenvalue weighted by atomic mass is 16.5. The van der Waals surface area contributed by atoms with Crippen molar-refractivity contribution in [3.05, 3.63) is 24.3 Å². The quantitative estimate of drug-likeness (QED) is 0.446. The summed E-state index contributed by atoms with van der Waals surface area (Å²) in [6.45, 7) is 4.37. The van der Waals surface area contributed by atoms with Gasteiger partial charge in [-0.25, -0.2) is 4.79 Å². The van der Waals surface area contributed by atoms with Crippen LogP contribution < -0.4 is 15.4 Å². The molecule has 2 amide bonds. The van der Waals surface area contributed by atoms with Crippen LogP contribution >= 0.6 is 0 Å². The van der Waals surface area contributed by atoms with Gasteiger partial charge in [0.15, 0.2) is 0 Å². The summed E-state index contributed by atoms with van der Waals surface area (Å²) in [5, 5.41) is 5.69. The first kappa shape index (κ1) is 21.5. The average molecular weight is 377 g/mol. The van der Waals surface area contributed by atoms with E-state index in [-0.39, 0.29) is 12.1 Å². The molecule has 1 aliphatic heterocycles. The van der Waals surface area contributed by atoms with Crippen molar-refractivity contribution >= 4 is 11.7 Å². The molecule has 5 nitrogen and oxygen atoms in total. The van der Waals surface area contributed by atoms with Gasteiger partial charge in [-0.1, -0.05) is 51.9 Å². The van der Waals surface area contributed by atoms with Crippen molar-refractivity contribution < 1.29 is 14.3 Å². The van der Waals surface area contributed by atoms with Gasteiger partial charge < -0.3 is 20.1 Å². The fourth-order valence-corrected chi connectivity index (χ4v) is 3.25. The first-order valence-corrected chi connectivity index (χ1v) is 10.7. The van der Waals surface area contributed by atoms with E-state index in [1.54, 1.807) is 0 Å². The highest BCUT2D eigenvalue weighted by Gasteiger charge is 2.16.